The number of benzene rings is 2. The van der Waals surface area contributed by atoms with Gasteiger partial charge in [0.05, 0.1) is 18.8 Å². The van der Waals surface area contributed by atoms with Gasteiger partial charge in [0.15, 0.2) is 0 Å². The van der Waals surface area contributed by atoms with Crippen molar-refractivity contribution in [2.45, 2.75) is 20.0 Å². The molecule has 0 bridgehead atoms. The highest BCUT2D eigenvalue weighted by Gasteiger charge is 2.11. The first-order valence-electron chi connectivity index (χ1n) is 7.34. The van der Waals surface area contributed by atoms with Crippen LogP contribution < -0.4 is 19.9 Å². The molecule has 0 unspecified atom stereocenters. The van der Waals surface area contributed by atoms with Gasteiger partial charge >= 0.3 is 0 Å². The molecule has 0 saturated heterocycles. The van der Waals surface area contributed by atoms with Crippen LogP contribution in [0.3, 0.4) is 0 Å². The average molecular weight is 328 g/mol. The first-order valence-corrected chi connectivity index (χ1v) is 7.34. The highest BCUT2D eigenvalue weighted by molar-refractivity contribution is 6.05. The minimum absolute atomic E-state index is 0.307. The number of hydrogen-bond donors (Lipinski definition) is 1. The Balaban J connectivity index is 2.10. The van der Waals surface area contributed by atoms with Gasteiger partial charge in [-0.3, -0.25) is 4.79 Å². The summed E-state index contributed by atoms with van der Waals surface area (Å²) in [5, 5.41) is 13.4. The molecule has 1 N–H and O–H groups in total. The van der Waals surface area contributed by atoms with Crippen LogP contribution in [-0.4, -0.2) is 25.1 Å². The number of carboxylic acid groups (broad SMARTS) is 1. The van der Waals surface area contributed by atoms with Gasteiger partial charge in [-0.25, -0.2) is 0 Å². The third-order valence-electron chi connectivity index (χ3n) is 3.36. The lowest BCUT2D eigenvalue weighted by Crippen LogP contribution is -2.37. The Morgan fingerprint density at radius 1 is 1.12 bits per heavy atom. The molecule has 126 valence electrons. The minimum atomic E-state index is -1.30. The van der Waals surface area contributed by atoms with Crippen molar-refractivity contribution in [3.05, 3.63) is 53.6 Å². The van der Waals surface area contributed by atoms with Crippen molar-refractivity contribution >= 4 is 17.6 Å². The van der Waals surface area contributed by atoms with E-state index < -0.39 is 12.1 Å². The van der Waals surface area contributed by atoms with Crippen molar-refractivity contribution in [1.29, 1.82) is 0 Å². The van der Waals surface area contributed by atoms with Gasteiger partial charge in [0.2, 0.25) is 0 Å². The number of carboxylic acids is 1. The van der Waals surface area contributed by atoms with E-state index in [1.807, 2.05) is 19.1 Å². The number of carbonyl (C=O) groups is 2. The lowest BCUT2D eigenvalue weighted by atomic mass is 10.1. The van der Waals surface area contributed by atoms with Crippen molar-refractivity contribution in [2.24, 2.45) is 0 Å². The Morgan fingerprint density at radius 2 is 1.79 bits per heavy atom. The summed E-state index contributed by atoms with van der Waals surface area (Å²) in [7, 11) is 1.53. The molecule has 0 aliphatic rings. The second-order valence-electron chi connectivity index (χ2n) is 5.26. The molecule has 1 amide bonds. The Bertz CT molecular complexity index is 740. The second kappa shape index (κ2) is 7.50. The van der Waals surface area contributed by atoms with Crippen LogP contribution >= 0.6 is 0 Å². The summed E-state index contributed by atoms with van der Waals surface area (Å²) in [6.45, 7) is 3.29. The van der Waals surface area contributed by atoms with Crippen LogP contribution in [0, 0.1) is 6.92 Å². The van der Waals surface area contributed by atoms with Crippen LogP contribution in [0.25, 0.3) is 0 Å². The van der Waals surface area contributed by atoms with E-state index in [1.165, 1.54) is 26.2 Å². The van der Waals surface area contributed by atoms with Crippen LogP contribution in [0.5, 0.6) is 11.5 Å². The number of hydrogen-bond acceptors (Lipinski definition) is 5. The van der Waals surface area contributed by atoms with Gasteiger partial charge in [-0.05, 0) is 55.8 Å². The minimum Gasteiger partial charge on any atom is -0.546 e. The summed E-state index contributed by atoms with van der Waals surface area (Å²) >= 11 is 0. The predicted molar refractivity (Wildman–Crippen MR) is 87.2 cm³/mol. The summed E-state index contributed by atoms with van der Waals surface area (Å²) in [5.74, 6) is -0.699. The summed E-state index contributed by atoms with van der Waals surface area (Å²) in [5.41, 5.74) is 1.98. The Morgan fingerprint density at radius 3 is 2.38 bits per heavy atom. The molecule has 6 nitrogen and oxygen atoms in total. The molecule has 0 heterocycles. The van der Waals surface area contributed by atoms with E-state index in [9.17, 15) is 14.7 Å². The summed E-state index contributed by atoms with van der Waals surface area (Å²) < 4.78 is 10.4. The van der Waals surface area contributed by atoms with E-state index in [0.717, 1.165) is 5.56 Å². The molecule has 0 saturated carbocycles. The summed E-state index contributed by atoms with van der Waals surface area (Å²) in [6.07, 6.45) is -1.07. The lowest BCUT2D eigenvalue weighted by Gasteiger charge is -2.15. The zero-order chi connectivity index (χ0) is 17.7. The summed E-state index contributed by atoms with van der Waals surface area (Å²) in [4.78, 5) is 23.0. The Labute approximate surface area is 140 Å². The third kappa shape index (κ3) is 4.25. The monoisotopic (exact) mass is 328 g/mol. The van der Waals surface area contributed by atoms with Crippen molar-refractivity contribution in [1.82, 2.24) is 0 Å². The van der Waals surface area contributed by atoms with Gasteiger partial charge in [-0.1, -0.05) is 6.07 Å². The first kappa shape index (κ1) is 17.3. The van der Waals surface area contributed by atoms with Gasteiger partial charge in [0.25, 0.3) is 5.91 Å². The van der Waals surface area contributed by atoms with E-state index in [1.54, 1.807) is 18.2 Å². The maximum absolute atomic E-state index is 12.3. The van der Waals surface area contributed by atoms with E-state index in [0.29, 0.717) is 22.7 Å². The molecule has 24 heavy (non-hydrogen) atoms. The largest absolute Gasteiger partial charge is 0.546 e. The number of aryl methyl sites for hydroxylation is 1. The smallest absolute Gasteiger partial charge is 0.255 e. The predicted octanol–water partition coefficient (Wildman–Crippen LogP) is 1.77. The maximum Gasteiger partial charge on any atom is 0.255 e. The fourth-order valence-electron chi connectivity index (χ4n) is 2.05. The molecule has 0 aliphatic heterocycles. The highest BCUT2D eigenvalue weighted by Crippen LogP contribution is 2.26. The number of carbonyl (C=O) groups excluding carboxylic acids is 2. The van der Waals surface area contributed by atoms with Gasteiger partial charge in [0, 0.05) is 5.56 Å². The van der Waals surface area contributed by atoms with Gasteiger partial charge in [0.1, 0.15) is 17.6 Å². The molecule has 0 aliphatic carbocycles. The van der Waals surface area contributed by atoms with Crippen molar-refractivity contribution in [3.63, 3.8) is 0 Å². The molecule has 0 fully saturated rings. The molecule has 0 radical (unpaired) electrons. The molecule has 0 spiro atoms. The molecule has 2 aromatic carbocycles. The molecular formula is C18H18NO5-. The number of amides is 1. The average Bonchev–Trinajstić information content (AvgIpc) is 2.55. The zero-order valence-corrected chi connectivity index (χ0v) is 13.7. The van der Waals surface area contributed by atoms with Crippen molar-refractivity contribution in [2.75, 3.05) is 12.4 Å². The fourth-order valence-corrected chi connectivity index (χ4v) is 2.05. The number of rotatable bonds is 6. The normalized spacial score (nSPS) is 11.5. The number of methoxy groups -OCH3 is 1. The van der Waals surface area contributed by atoms with Gasteiger partial charge < -0.3 is 24.7 Å². The van der Waals surface area contributed by atoms with Gasteiger partial charge in [-0.15, -0.1) is 0 Å². The van der Waals surface area contributed by atoms with Crippen LogP contribution in [0.15, 0.2) is 42.5 Å². The maximum atomic E-state index is 12.3. The lowest BCUT2D eigenvalue weighted by molar-refractivity contribution is -0.312. The topological polar surface area (TPSA) is 87.7 Å². The molecule has 6 heteroatoms. The number of anilines is 1. The number of ether oxygens (including phenoxy) is 2. The quantitative estimate of drug-likeness (QED) is 0.873. The van der Waals surface area contributed by atoms with E-state index in [-0.39, 0.29) is 5.91 Å². The first-order chi connectivity index (χ1) is 11.4. The fraction of sp³-hybridized carbons (Fsp3) is 0.222. The van der Waals surface area contributed by atoms with Crippen LogP contribution in [0.2, 0.25) is 0 Å². The van der Waals surface area contributed by atoms with Gasteiger partial charge in [-0.2, -0.15) is 0 Å². The molecule has 2 aromatic rings. The third-order valence-corrected chi connectivity index (χ3v) is 3.36. The SMILES string of the molecule is COc1ccc(C)cc1NC(=O)c1ccc(O[C@@H](C)C(=O)[O-])cc1. The van der Waals surface area contributed by atoms with Crippen LogP contribution in [-0.2, 0) is 4.79 Å². The second-order valence-corrected chi connectivity index (χ2v) is 5.26. The zero-order valence-electron chi connectivity index (χ0n) is 13.7. The summed E-state index contributed by atoms with van der Waals surface area (Å²) in [6, 6.07) is 11.6. The van der Waals surface area contributed by atoms with E-state index >= 15 is 0 Å². The Hall–Kier alpha value is -3.02. The Kier molecular flexibility index (Phi) is 5.42. The molecule has 0 aromatic heterocycles. The van der Waals surface area contributed by atoms with E-state index in [2.05, 4.69) is 5.32 Å². The highest BCUT2D eigenvalue weighted by atomic mass is 16.5. The molecular weight excluding hydrogens is 310 g/mol. The van der Waals surface area contributed by atoms with Crippen molar-refractivity contribution in [3.8, 4) is 11.5 Å². The van der Waals surface area contributed by atoms with E-state index in [4.69, 9.17) is 9.47 Å². The number of nitrogens with one attached hydrogen (secondary N) is 1. The molecule has 2 rings (SSSR count). The molecule has 1 atom stereocenters. The van der Waals surface area contributed by atoms with Crippen molar-refractivity contribution < 1.29 is 24.2 Å². The standard InChI is InChI=1S/C18H19NO5/c1-11-4-9-16(23-3)15(10-11)19-17(20)13-5-7-14(8-6-13)24-12(2)18(21)22/h4-10,12H,1-3H3,(H,19,20)(H,21,22)/p-1/t12-/m0/s1. The van der Waals surface area contributed by atoms with Crippen LogP contribution in [0.1, 0.15) is 22.8 Å². The van der Waals surface area contributed by atoms with Crippen LogP contribution in [0.4, 0.5) is 5.69 Å². The number of aliphatic carboxylic acids is 1.